The van der Waals surface area contributed by atoms with Crippen LogP contribution in [-0.4, -0.2) is 87.8 Å². The third kappa shape index (κ3) is 9.93. The van der Waals surface area contributed by atoms with Crippen molar-refractivity contribution in [2.45, 2.75) is 49.5 Å². The number of nitrogens with one attached hydrogen (secondary N) is 4. The fraction of sp³-hybridized carbons (Fsp3) is 0.419. The Kier molecular flexibility index (Phi) is 11.1. The third-order valence-corrected chi connectivity index (χ3v) is 8.67. The van der Waals surface area contributed by atoms with Gasteiger partial charge in [0.05, 0.1) is 41.1 Å². The maximum Gasteiger partial charge on any atom is 0.406 e. The standard InChI is InChI=1S/C31H38F3N7O5S/c1-20(37-29(35)42)18-40-14-11-21(12-15-40)38-30(43)39-25-7-4-8-27-24(25)16-22(41(27)19-31(32,33)34)6-5-13-36-26-10-9-23(47(3,44)45)17-28(26)46-2/h4,7-10,16-17,20-21,36H,11-15,18-19H2,1-3H3,(H3,35,37,42)(H2,38,39,43). The Hall–Kier alpha value is -4.62. The number of aromatic nitrogens is 1. The number of hydrogen-bond acceptors (Lipinski definition) is 7. The predicted octanol–water partition coefficient (Wildman–Crippen LogP) is 3.72. The van der Waals surface area contributed by atoms with Crippen molar-refractivity contribution >= 4 is 44.2 Å². The minimum absolute atomic E-state index is 0.0228. The number of anilines is 2. The molecule has 4 amide bonds. The smallest absolute Gasteiger partial charge is 0.406 e. The number of alkyl halides is 3. The number of nitrogens with two attached hydrogens (primary N) is 1. The van der Waals surface area contributed by atoms with E-state index in [4.69, 9.17) is 10.5 Å². The Bertz CT molecular complexity index is 1780. The molecule has 1 unspecified atom stereocenters. The maximum atomic E-state index is 13.6. The fourth-order valence-corrected chi connectivity index (χ4v) is 6.08. The van der Waals surface area contributed by atoms with Crippen LogP contribution >= 0.6 is 0 Å². The van der Waals surface area contributed by atoms with E-state index in [0.717, 1.165) is 10.8 Å². The van der Waals surface area contributed by atoms with Gasteiger partial charge in [-0.05, 0) is 56.0 Å². The normalized spacial score (nSPS) is 14.9. The highest BCUT2D eigenvalue weighted by molar-refractivity contribution is 7.90. The predicted molar refractivity (Wildman–Crippen MR) is 173 cm³/mol. The molecule has 0 aliphatic carbocycles. The van der Waals surface area contributed by atoms with Gasteiger partial charge in [-0.25, -0.2) is 18.0 Å². The van der Waals surface area contributed by atoms with Gasteiger partial charge in [0, 0.05) is 49.4 Å². The summed E-state index contributed by atoms with van der Waals surface area (Å²) in [6, 6.07) is 9.25. The molecule has 47 heavy (non-hydrogen) atoms. The second kappa shape index (κ2) is 14.9. The van der Waals surface area contributed by atoms with Crippen LogP contribution in [0.25, 0.3) is 10.9 Å². The highest BCUT2D eigenvalue weighted by Crippen LogP contribution is 2.31. The number of likely N-dealkylation sites (tertiary alicyclic amines) is 1. The maximum absolute atomic E-state index is 13.6. The van der Waals surface area contributed by atoms with Crippen molar-refractivity contribution in [2.24, 2.45) is 5.73 Å². The largest absolute Gasteiger partial charge is 0.495 e. The molecule has 0 spiro atoms. The van der Waals surface area contributed by atoms with E-state index in [1.165, 1.54) is 37.4 Å². The van der Waals surface area contributed by atoms with Gasteiger partial charge < -0.3 is 41.2 Å². The molecule has 16 heteroatoms. The lowest BCUT2D eigenvalue weighted by molar-refractivity contribution is -0.140. The van der Waals surface area contributed by atoms with Gasteiger partial charge in [0.15, 0.2) is 9.84 Å². The zero-order valence-corrected chi connectivity index (χ0v) is 27.0. The summed E-state index contributed by atoms with van der Waals surface area (Å²) in [7, 11) is -2.06. The number of sulfone groups is 1. The van der Waals surface area contributed by atoms with Crippen LogP contribution < -0.4 is 31.7 Å². The average molecular weight is 678 g/mol. The molecule has 1 fully saturated rings. The Labute approximate surface area is 271 Å². The van der Waals surface area contributed by atoms with Crippen molar-refractivity contribution in [3.8, 4) is 17.6 Å². The first-order valence-corrected chi connectivity index (χ1v) is 16.7. The van der Waals surface area contributed by atoms with Crippen molar-refractivity contribution in [1.82, 2.24) is 20.1 Å². The zero-order chi connectivity index (χ0) is 34.4. The quantitative estimate of drug-likeness (QED) is 0.205. The number of halogens is 3. The molecule has 0 radical (unpaired) electrons. The van der Waals surface area contributed by atoms with Gasteiger partial charge in [-0.15, -0.1) is 0 Å². The minimum Gasteiger partial charge on any atom is -0.495 e. The number of methoxy groups -OCH3 is 1. The summed E-state index contributed by atoms with van der Waals surface area (Å²) in [4.78, 5) is 26.2. The average Bonchev–Trinajstić information content (AvgIpc) is 3.32. The van der Waals surface area contributed by atoms with E-state index >= 15 is 0 Å². The van der Waals surface area contributed by atoms with Crippen LogP contribution in [0.4, 0.5) is 34.1 Å². The first-order chi connectivity index (χ1) is 22.1. The number of carbonyl (C=O) groups is 2. The SMILES string of the molecule is COc1cc(S(C)(=O)=O)ccc1NCC#Cc1cc2c(NC(=O)NC3CCN(CC(C)NC(N)=O)CC3)cccc2n1CC(F)(F)F. The number of piperidine rings is 1. The number of hydrogen-bond donors (Lipinski definition) is 5. The molecule has 1 aliphatic rings. The molecule has 2 aromatic carbocycles. The molecule has 1 aliphatic heterocycles. The van der Waals surface area contributed by atoms with Crippen LogP contribution in [0.3, 0.4) is 0 Å². The molecular formula is C31H38F3N7O5S. The summed E-state index contributed by atoms with van der Waals surface area (Å²) < 4.78 is 70.9. The van der Waals surface area contributed by atoms with Gasteiger partial charge >= 0.3 is 18.2 Å². The third-order valence-electron chi connectivity index (χ3n) is 7.56. The topological polar surface area (TPSA) is 160 Å². The van der Waals surface area contributed by atoms with E-state index in [2.05, 4.69) is 38.0 Å². The van der Waals surface area contributed by atoms with E-state index in [0.29, 0.717) is 49.2 Å². The van der Waals surface area contributed by atoms with E-state index in [9.17, 15) is 31.2 Å². The second-order valence-electron chi connectivity index (χ2n) is 11.3. The van der Waals surface area contributed by atoms with E-state index in [-0.39, 0.29) is 40.5 Å². The first kappa shape index (κ1) is 35.2. The molecule has 1 aromatic heterocycles. The summed E-state index contributed by atoms with van der Waals surface area (Å²) in [5.74, 6) is 5.88. The fourth-order valence-electron chi connectivity index (χ4n) is 5.45. The number of primary amides is 1. The number of nitrogens with zero attached hydrogens (tertiary/aromatic N) is 2. The van der Waals surface area contributed by atoms with Crippen LogP contribution in [-0.2, 0) is 16.4 Å². The van der Waals surface area contributed by atoms with E-state index < -0.39 is 34.6 Å². The van der Waals surface area contributed by atoms with Gasteiger partial charge in [0.1, 0.15) is 12.3 Å². The lowest BCUT2D eigenvalue weighted by Gasteiger charge is -2.33. The monoisotopic (exact) mass is 677 g/mol. The van der Waals surface area contributed by atoms with Crippen LogP contribution in [0.2, 0.25) is 0 Å². The van der Waals surface area contributed by atoms with Gasteiger partial charge in [0.2, 0.25) is 0 Å². The lowest BCUT2D eigenvalue weighted by Crippen LogP contribution is -2.50. The van der Waals surface area contributed by atoms with Crippen molar-refractivity contribution in [3.05, 3.63) is 48.2 Å². The summed E-state index contributed by atoms with van der Waals surface area (Å²) in [5, 5.41) is 11.8. The summed E-state index contributed by atoms with van der Waals surface area (Å²) in [5.41, 5.74) is 6.32. The van der Waals surface area contributed by atoms with Crippen LogP contribution in [0.15, 0.2) is 47.4 Å². The Morgan fingerprint density at radius 3 is 2.49 bits per heavy atom. The number of rotatable bonds is 10. The summed E-state index contributed by atoms with van der Waals surface area (Å²) in [6.45, 7) is 2.65. The lowest BCUT2D eigenvalue weighted by atomic mass is 10.0. The van der Waals surface area contributed by atoms with Gasteiger partial charge in [-0.1, -0.05) is 12.0 Å². The van der Waals surface area contributed by atoms with E-state index in [1.54, 1.807) is 12.1 Å². The van der Waals surface area contributed by atoms with Crippen LogP contribution in [0, 0.1) is 11.8 Å². The molecular weight excluding hydrogens is 639 g/mol. The Morgan fingerprint density at radius 1 is 1.13 bits per heavy atom. The molecule has 4 rings (SSSR count). The molecule has 1 atom stereocenters. The molecule has 254 valence electrons. The van der Waals surface area contributed by atoms with Gasteiger partial charge in [0.25, 0.3) is 0 Å². The highest BCUT2D eigenvalue weighted by Gasteiger charge is 2.30. The summed E-state index contributed by atoms with van der Waals surface area (Å²) >= 11 is 0. The molecule has 0 saturated carbocycles. The molecule has 0 bridgehead atoms. The Morgan fingerprint density at radius 2 is 1.85 bits per heavy atom. The molecule has 2 heterocycles. The molecule has 1 saturated heterocycles. The number of urea groups is 2. The molecule has 6 N–H and O–H groups in total. The number of ether oxygens (including phenoxy) is 1. The summed E-state index contributed by atoms with van der Waals surface area (Å²) in [6.07, 6.45) is -2.08. The molecule has 12 nitrogen and oxygen atoms in total. The number of amides is 4. The van der Waals surface area contributed by atoms with Crippen molar-refractivity contribution < 1.29 is 35.9 Å². The van der Waals surface area contributed by atoms with Gasteiger partial charge in [-0.3, -0.25) is 0 Å². The Balaban J connectivity index is 1.46. The highest BCUT2D eigenvalue weighted by atomic mass is 32.2. The number of carbonyl (C=O) groups excluding carboxylic acids is 2. The van der Waals surface area contributed by atoms with E-state index in [1.807, 2.05) is 6.92 Å². The zero-order valence-electron chi connectivity index (χ0n) is 26.2. The minimum atomic E-state index is -4.53. The van der Waals surface area contributed by atoms with Crippen LogP contribution in [0.1, 0.15) is 25.5 Å². The van der Waals surface area contributed by atoms with Gasteiger partial charge in [-0.2, -0.15) is 13.2 Å². The first-order valence-electron chi connectivity index (χ1n) is 14.8. The van der Waals surface area contributed by atoms with Crippen LogP contribution in [0.5, 0.6) is 5.75 Å². The van der Waals surface area contributed by atoms with Crippen molar-refractivity contribution in [1.29, 1.82) is 0 Å². The second-order valence-corrected chi connectivity index (χ2v) is 13.4. The number of benzene rings is 2. The number of fused-ring (bicyclic) bond motifs is 1. The molecule has 3 aromatic rings. The van der Waals surface area contributed by atoms with Crippen molar-refractivity contribution in [2.75, 3.05) is 50.2 Å². The van der Waals surface area contributed by atoms with Crippen molar-refractivity contribution in [3.63, 3.8) is 0 Å².